The largest absolute Gasteiger partial charge is 0.386 e. The Morgan fingerprint density at radius 3 is 2.61 bits per heavy atom. The number of halogens is 2. The zero-order valence-electron chi connectivity index (χ0n) is 17.4. The van der Waals surface area contributed by atoms with E-state index in [0.29, 0.717) is 16.1 Å². The van der Waals surface area contributed by atoms with Crippen molar-refractivity contribution >= 4 is 39.1 Å². The van der Waals surface area contributed by atoms with Crippen LogP contribution < -0.4 is 5.73 Å². The molecule has 0 bridgehead atoms. The normalized spacial score (nSPS) is 21.9. The molecule has 9 heteroatoms. The van der Waals surface area contributed by atoms with Crippen molar-refractivity contribution in [3.63, 3.8) is 0 Å². The third kappa shape index (κ3) is 4.14. The van der Waals surface area contributed by atoms with Crippen molar-refractivity contribution < 1.29 is 17.6 Å². The zero-order chi connectivity index (χ0) is 23.2. The Hall–Kier alpha value is -2.58. The summed E-state index contributed by atoms with van der Waals surface area (Å²) in [7, 11) is -3.70. The molecule has 164 valence electrons. The molecule has 6 nitrogen and oxygen atoms in total. The van der Waals surface area contributed by atoms with Crippen molar-refractivity contribution in [3.05, 3.63) is 70.3 Å². The Kier molecular flexibility index (Phi) is 5.84. The van der Waals surface area contributed by atoms with Crippen molar-refractivity contribution in [2.24, 2.45) is 10.7 Å². The number of nitrogens with zero attached hydrogens (tertiary/aromatic N) is 2. The van der Waals surface area contributed by atoms with Gasteiger partial charge in [0.15, 0.2) is 15.6 Å². The SMILES string of the molecule is C=Cc1cc(Cl)cnc1C(=O)Cc1ccc(F)c([C@]2(C)CS(=O)(=O)C(C)(C)C(N)=N2)c1. The number of sulfone groups is 1. The second-order valence-corrected chi connectivity index (χ2v) is 11.2. The van der Waals surface area contributed by atoms with Crippen LogP contribution in [0, 0.1) is 5.82 Å². The van der Waals surface area contributed by atoms with Crippen molar-refractivity contribution in [3.8, 4) is 0 Å². The number of aliphatic imine (C=N–C) groups is 1. The summed E-state index contributed by atoms with van der Waals surface area (Å²) in [5.74, 6) is -1.42. The number of carbonyl (C=O) groups is 1. The predicted octanol–water partition coefficient (Wildman–Crippen LogP) is 3.72. The van der Waals surface area contributed by atoms with Crippen molar-refractivity contribution in [2.45, 2.75) is 37.5 Å². The minimum absolute atomic E-state index is 0.0628. The molecule has 0 aliphatic carbocycles. The quantitative estimate of drug-likeness (QED) is 0.680. The van der Waals surface area contributed by atoms with Crippen LogP contribution in [0.1, 0.15) is 48.0 Å². The molecule has 31 heavy (non-hydrogen) atoms. The van der Waals surface area contributed by atoms with Crippen LogP contribution >= 0.6 is 11.6 Å². The molecule has 1 aromatic carbocycles. The van der Waals surface area contributed by atoms with E-state index >= 15 is 0 Å². The maximum Gasteiger partial charge on any atom is 0.186 e. The molecule has 0 unspecified atom stereocenters. The summed E-state index contributed by atoms with van der Waals surface area (Å²) in [4.78, 5) is 21.3. The highest BCUT2D eigenvalue weighted by atomic mass is 35.5. The second kappa shape index (κ2) is 7.84. The van der Waals surface area contributed by atoms with Crippen LogP contribution in [-0.4, -0.2) is 35.5 Å². The van der Waals surface area contributed by atoms with Crippen LogP contribution in [0.4, 0.5) is 4.39 Å². The van der Waals surface area contributed by atoms with E-state index in [2.05, 4.69) is 16.6 Å². The van der Waals surface area contributed by atoms with Gasteiger partial charge < -0.3 is 5.73 Å². The first-order chi connectivity index (χ1) is 14.3. The van der Waals surface area contributed by atoms with Gasteiger partial charge in [0, 0.05) is 23.7 Å². The van der Waals surface area contributed by atoms with Gasteiger partial charge in [0.25, 0.3) is 0 Å². The number of pyridine rings is 1. The first-order valence-electron chi connectivity index (χ1n) is 9.49. The van der Waals surface area contributed by atoms with Gasteiger partial charge in [0.05, 0.1) is 10.8 Å². The molecule has 0 fully saturated rings. The molecule has 1 aliphatic rings. The van der Waals surface area contributed by atoms with E-state index in [1.54, 1.807) is 6.07 Å². The third-order valence-electron chi connectivity index (χ3n) is 5.58. The van der Waals surface area contributed by atoms with Gasteiger partial charge >= 0.3 is 0 Å². The van der Waals surface area contributed by atoms with E-state index in [1.807, 2.05) is 0 Å². The Morgan fingerprint density at radius 1 is 1.32 bits per heavy atom. The Balaban J connectivity index is 2.01. The fraction of sp³-hybridized carbons (Fsp3) is 0.318. The standard InChI is InChI=1S/C22H23ClFN3O3S/c1-5-14-10-15(23)11-26-19(14)18(28)9-13-6-7-17(24)16(8-13)22(4)12-31(29,30)21(2,3)20(25)27-22/h5-8,10-11H,1,9,12H2,2-4H3,(H2,25,27)/t22-/m0/s1. The fourth-order valence-electron chi connectivity index (χ4n) is 3.49. The summed E-state index contributed by atoms with van der Waals surface area (Å²) in [6, 6.07) is 5.71. The molecule has 0 spiro atoms. The average molecular weight is 464 g/mol. The summed E-state index contributed by atoms with van der Waals surface area (Å²) in [6.07, 6.45) is 2.77. The second-order valence-electron chi connectivity index (χ2n) is 8.25. The van der Waals surface area contributed by atoms with Crippen molar-refractivity contribution in [2.75, 3.05) is 5.75 Å². The number of hydrogen-bond acceptors (Lipinski definition) is 6. The summed E-state index contributed by atoms with van der Waals surface area (Å²) in [6.45, 7) is 8.14. The molecular formula is C22H23ClFN3O3S. The van der Waals surface area contributed by atoms with Gasteiger partial charge in [-0.05, 0) is 44.5 Å². The topological polar surface area (TPSA) is 102 Å². The number of carbonyl (C=O) groups excluding carboxylic acids is 1. The first-order valence-corrected chi connectivity index (χ1v) is 11.5. The summed E-state index contributed by atoms with van der Waals surface area (Å²) >= 11 is 5.92. The van der Waals surface area contributed by atoms with E-state index in [-0.39, 0.29) is 29.3 Å². The van der Waals surface area contributed by atoms with Crippen LogP contribution in [0.5, 0.6) is 0 Å². The summed E-state index contributed by atoms with van der Waals surface area (Å²) in [5, 5.41) is 0.375. The van der Waals surface area contributed by atoms with Crippen LogP contribution in [-0.2, 0) is 21.8 Å². The lowest BCUT2D eigenvalue weighted by Gasteiger charge is -2.38. The highest BCUT2D eigenvalue weighted by Crippen LogP contribution is 2.38. The molecule has 1 aliphatic heterocycles. The Bertz CT molecular complexity index is 1220. The monoisotopic (exact) mass is 463 g/mol. The number of Topliss-reactive ketones (excluding diaryl/α,β-unsaturated/α-hetero) is 1. The molecule has 3 rings (SSSR count). The number of nitrogens with two attached hydrogens (primary N) is 1. The summed E-state index contributed by atoms with van der Waals surface area (Å²) in [5.41, 5.74) is 5.79. The number of amidine groups is 1. The molecule has 0 radical (unpaired) electrons. The number of ketones is 1. The van der Waals surface area contributed by atoms with Gasteiger partial charge in [-0.1, -0.05) is 30.3 Å². The van der Waals surface area contributed by atoms with Gasteiger partial charge in [0.2, 0.25) is 0 Å². The smallest absolute Gasteiger partial charge is 0.186 e. The number of rotatable bonds is 5. The number of aromatic nitrogens is 1. The van der Waals surface area contributed by atoms with E-state index < -0.39 is 31.7 Å². The lowest BCUT2D eigenvalue weighted by atomic mass is 9.90. The van der Waals surface area contributed by atoms with Crippen molar-refractivity contribution in [1.29, 1.82) is 0 Å². The van der Waals surface area contributed by atoms with E-state index in [0.717, 1.165) is 0 Å². The minimum atomic E-state index is -3.70. The fourth-order valence-corrected chi connectivity index (χ4v) is 5.34. The lowest BCUT2D eigenvalue weighted by molar-refractivity contribution is 0.0988. The predicted molar refractivity (Wildman–Crippen MR) is 121 cm³/mol. The maximum absolute atomic E-state index is 14.8. The molecule has 2 aromatic rings. The molecular weight excluding hydrogens is 441 g/mol. The highest BCUT2D eigenvalue weighted by Gasteiger charge is 2.49. The minimum Gasteiger partial charge on any atom is -0.386 e. The third-order valence-corrected chi connectivity index (χ3v) is 8.49. The van der Waals surface area contributed by atoms with Gasteiger partial charge in [-0.15, -0.1) is 0 Å². The maximum atomic E-state index is 14.8. The van der Waals surface area contributed by atoms with Gasteiger partial charge in [-0.25, -0.2) is 12.8 Å². The van der Waals surface area contributed by atoms with Gasteiger partial charge in [0.1, 0.15) is 27.6 Å². The highest BCUT2D eigenvalue weighted by molar-refractivity contribution is 7.93. The first kappa shape index (κ1) is 23.1. The van der Waals surface area contributed by atoms with Crippen LogP contribution in [0.3, 0.4) is 0 Å². The lowest BCUT2D eigenvalue weighted by Crippen LogP contribution is -2.55. The Morgan fingerprint density at radius 2 is 2.00 bits per heavy atom. The number of hydrogen-bond donors (Lipinski definition) is 1. The molecule has 0 amide bonds. The summed E-state index contributed by atoms with van der Waals surface area (Å²) < 4.78 is 39.0. The molecule has 1 atom stereocenters. The molecule has 2 N–H and O–H groups in total. The van der Waals surface area contributed by atoms with E-state index in [1.165, 1.54) is 51.2 Å². The van der Waals surface area contributed by atoms with E-state index in [4.69, 9.17) is 17.3 Å². The van der Waals surface area contributed by atoms with Crippen LogP contribution in [0.2, 0.25) is 5.02 Å². The van der Waals surface area contributed by atoms with Crippen LogP contribution in [0.25, 0.3) is 6.08 Å². The molecule has 1 aromatic heterocycles. The van der Waals surface area contributed by atoms with Gasteiger partial charge in [-0.3, -0.25) is 14.8 Å². The average Bonchev–Trinajstić information content (AvgIpc) is 2.67. The zero-order valence-corrected chi connectivity index (χ0v) is 19.0. The number of benzene rings is 1. The molecule has 0 saturated carbocycles. The van der Waals surface area contributed by atoms with Gasteiger partial charge in [-0.2, -0.15) is 0 Å². The van der Waals surface area contributed by atoms with Crippen molar-refractivity contribution in [1.82, 2.24) is 4.98 Å². The van der Waals surface area contributed by atoms with Crippen LogP contribution in [0.15, 0.2) is 42.0 Å². The van der Waals surface area contributed by atoms with E-state index in [9.17, 15) is 17.6 Å². The molecule has 2 heterocycles. The Labute approximate surface area is 186 Å². The molecule has 0 saturated heterocycles.